The van der Waals surface area contributed by atoms with Crippen molar-refractivity contribution >= 4 is 208 Å². The molecule has 0 aromatic heterocycles. The zero-order valence-electron chi connectivity index (χ0n) is 67.2. The van der Waals surface area contributed by atoms with Gasteiger partial charge in [0.1, 0.15) is 134 Å². The van der Waals surface area contributed by atoms with E-state index in [0.717, 1.165) is 0 Å². The summed E-state index contributed by atoms with van der Waals surface area (Å²) >= 11 is 0. The minimum atomic E-state index is -7.24. The summed E-state index contributed by atoms with van der Waals surface area (Å²) in [6, 6.07) is 0. The van der Waals surface area contributed by atoms with Crippen molar-refractivity contribution in [2.24, 2.45) is 0 Å². The molecule has 0 saturated carbocycles. The fraction of sp³-hybridized carbons (Fsp3) is 1.00. The van der Waals surface area contributed by atoms with E-state index in [4.69, 9.17) is 47.4 Å². The summed E-state index contributed by atoms with van der Waals surface area (Å²) in [7, 11) is -136. The summed E-state index contributed by atoms with van der Waals surface area (Å²) in [6.45, 7) is -15.6. The van der Waals surface area contributed by atoms with Crippen LogP contribution in [0.4, 0.5) is 0 Å². The fourth-order valence-electron chi connectivity index (χ4n) is 12.9. The molecule has 6 rings (SSSR count). The minimum Gasteiger partial charge on any atom is -0.364 e. The summed E-state index contributed by atoms with van der Waals surface area (Å²) in [5.41, 5.74) is 0. The molecule has 0 spiro atoms. The zero-order chi connectivity index (χ0) is 113. The van der Waals surface area contributed by atoms with E-state index in [9.17, 15) is 259 Å². The van der Waals surface area contributed by atoms with Crippen molar-refractivity contribution in [2.75, 3.05) is 39.6 Å². The first-order chi connectivity index (χ1) is 64.7. The van der Waals surface area contributed by atoms with Gasteiger partial charge in [-0.2, -0.15) is 168 Å². The molecule has 90 nitrogen and oxygen atoms in total. The Balaban J connectivity index is 1.76. The van der Waals surface area contributed by atoms with Crippen LogP contribution in [-0.2, 0) is 339 Å². The molecule has 6 saturated heterocycles. The fourth-order valence-corrected chi connectivity index (χ4v) is 21.6. The number of ether oxygens (including phenoxy) is 10. The van der Waals surface area contributed by atoms with Gasteiger partial charge in [0.2, 0.25) is 0 Å². The predicted octanol–water partition coefficient (Wildman–Crippen LogP) is -17.5. The molecular weight excluding hydrogens is 2510 g/mol. The molecule has 0 aromatic rings. The minimum absolute atomic E-state index is 2.35. The van der Waals surface area contributed by atoms with Crippen LogP contribution in [0.5, 0.6) is 0 Å². The van der Waals surface area contributed by atoms with Gasteiger partial charge in [-0.3, -0.25) is 91.1 Å². The maximum Gasteiger partial charge on any atom is 0.397 e. The van der Waals surface area contributed by atoms with E-state index >= 15 is 0 Å². The van der Waals surface area contributed by atoms with Crippen LogP contribution in [0.2, 0.25) is 0 Å². The molecule has 866 valence electrons. The van der Waals surface area contributed by atoms with E-state index in [2.05, 4.69) is 83.7 Å². The largest absolute Gasteiger partial charge is 0.397 e. The first-order valence-electron chi connectivity index (χ1n) is 34.2. The van der Waals surface area contributed by atoms with Crippen LogP contribution in [-0.4, -0.2) is 483 Å². The Kier molecular flexibility index (Phi) is 43.1. The second-order valence-corrected chi connectivity index (χ2v) is 48.2. The highest BCUT2D eigenvalue weighted by Crippen LogP contribution is 2.46. The summed E-state index contributed by atoms with van der Waals surface area (Å²) in [5, 5.41) is 0. The lowest BCUT2D eigenvalue weighted by molar-refractivity contribution is -0.371. The second-order valence-electron chi connectivity index (χ2n) is 27.0. The van der Waals surface area contributed by atoms with Crippen molar-refractivity contribution in [1.82, 2.24) is 0 Å². The third-order valence-corrected chi connectivity index (χ3v) is 25.9. The van der Waals surface area contributed by atoms with Crippen LogP contribution in [0.25, 0.3) is 0 Å². The topological polar surface area (TPSA) is 1360 Å². The molecule has 20 N–H and O–H groups in total. The zero-order valence-corrected chi connectivity index (χ0v) is 83.6. The first kappa shape index (κ1) is 132. The predicted molar refractivity (Wildman–Crippen MR) is 406 cm³/mol. The van der Waals surface area contributed by atoms with Gasteiger partial charge in [-0.15, -0.1) is 0 Å². The number of hydrogen-bond acceptors (Lipinski definition) is 70. The smallest absolute Gasteiger partial charge is 0.364 e. The summed E-state index contributed by atoms with van der Waals surface area (Å²) in [6.07, 6.45) is -121. The maximum atomic E-state index is 13.4. The molecule has 0 aromatic carbocycles. The van der Waals surface area contributed by atoms with Gasteiger partial charge in [-0.05, 0) is 0 Å². The third kappa shape index (κ3) is 46.8. The lowest BCUT2D eigenvalue weighted by Gasteiger charge is -2.53. The van der Waals surface area contributed by atoms with Crippen LogP contribution in [0.3, 0.4) is 0 Å². The maximum absolute atomic E-state index is 13.4. The molecule has 0 radical (unpaired) electrons. The Bertz CT molecular complexity index is 6690. The van der Waals surface area contributed by atoms with E-state index in [1.807, 2.05) is 0 Å². The van der Waals surface area contributed by atoms with E-state index in [1.165, 1.54) is 0 Å². The molecular formula is C36H62O90S20. The van der Waals surface area contributed by atoms with Gasteiger partial charge in [0.25, 0.3) is 0 Å². The van der Waals surface area contributed by atoms with Crippen LogP contribution >= 0.6 is 0 Å². The molecule has 6 aliphatic rings. The van der Waals surface area contributed by atoms with Crippen LogP contribution in [0.15, 0.2) is 0 Å². The Morgan fingerprint density at radius 3 is 0.384 bits per heavy atom. The monoisotopic (exact) mass is 2570 g/mol. The van der Waals surface area contributed by atoms with Crippen LogP contribution in [0.1, 0.15) is 0 Å². The van der Waals surface area contributed by atoms with Crippen molar-refractivity contribution in [1.29, 1.82) is 0 Å². The molecule has 0 bridgehead atoms. The highest BCUT2D eigenvalue weighted by Gasteiger charge is 2.67. The average Bonchev–Trinajstić information content (AvgIpc) is 0.731. The molecule has 0 aliphatic carbocycles. The summed E-state index contributed by atoms with van der Waals surface area (Å²) in [4.78, 5) is 0. The summed E-state index contributed by atoms with van der Waals surface area (Å²) in [5.74, 6) is 0. The molecule has 110 heteroatoms. The molecule has 30 atom stereocenters. The molecule has 6 heterocycles. The quantitative estimate of drug-likeness (QED) is 0.0251. The standard InChI is InChI=1S/C36H62O90S20/c37-127(38,39)97-1-7-13(109-33-29(123-143(85,86)87)23(117-137(67,68)69)15(9(105-33)3-99-129(43,44)45)111-35-31(125-145(91,92)93)25(119-139(73,74)75)17(113-133(55,56)57)11(107-35)5-101-131(49,50)51)21(115-135(61,62)63)27(121-141(79,80)81)19(103-7)20-28(122-142(82,83)84)22(116-136(64,65)66)14(8(104-20)2-98-128(40,41)42)110-34-30(124-144(88,89)90)24(118-138(70,71)72)16(10(106-34)4-100-130(46,47)48)112-36-32(126-146(94,95)96)26(120-140(76,77)78)18(114-134(58,59)60)12(108-36)6-102-132(52,53)54/h7-36H,1-6H2,(H,37,38,39)(H,40,41,42)(H,43,44,45)(H,46,47,48)(H,49,50,51)(H,52,53,54)(H,55,56,57)(H,58,59,60)(H,61,62,63)(H,64,65,66)(H,67,68,69)(H,70,71,72)(H,73,74,75)(H,76,77,78)(H,79,80,81)(H,82,83,84)(H,85,86,87)(H,88,89,90)(H,91,92,93)(H,94,95,96)/t7-,8+,9-,10+,11-,12+,13-,14+,15-,16+,17-,18+,19?,20?,21+,22-,23+,24-,25+,26-,27+,28-,29-,30+,31-,32+,33-,34+,35-,36+. The van der Waals surface area contributed by atoms with Crippen molar-refractivity contribution in [3.8, 4) is 0 Å². The van der Waals surface area contributed by atoms with Gasteiger partial charge >= 0.3 is 208 Å². The van der Waals surface area contributed by atoms with Gasteiger partial charge in [-0.1, -0.05) is 0 Å². The Hall–Kier alpha value is -3.00. The van der Waals surface area contributed by atoms with Crippen LogP contribution in [0, 0.1) is 0 Å². The Labute approximate surface area is 816 Å². The first-order valence-corrected chi connectivity index (χ1v) is 61.5. The van der Waals surface area contributed by atoms with Crippen molar-refractivity contribution in [2.45, 2.75) is 184 Å². The van der Waals surface area contributed by atoms with Crippen LogP contribution < -0.4 is 0 Å². The van der Waals surface area contributed by atoms with Gasteiger partial charge < -0.3 is 47.4 Å². The third-order valence-electron chi connectivity index (χ3n) is 16.7. The van der Waals surface area contributed by atoms with Crippen molar-refractivity contribution < 1.29 is 390 Å². The normalized spacial score (nSPS) is 33.2. The number of rotatable bonds is 55. The van der Waals surface area contributed by atoms with E-state index in [1.54, 1.807) is 0 Å². The summed E-state index contributed by atoms with van der Waals surface area (Å²) < 4.78 is 844. The van der Waals surface area contributed by atoms with Crippen molar-refractivity contribution in [3.05, 3.63) is 0 Å². The van der Waals surface area contributed by atoms with Gasteiger partial charge in [-0.25, -0.2) is 83.7 Å². The average molecular weight is 2580 g/mol. The SMILES string of the molecule is O=S(=O)(O)OC[C@@H]1O[C@@H](O[C@@H]2[C@@H](OS(=O)(=O)O)[C@H](OS(=O)(=O)O)C(C3O[C@H](COS(=O)(=O)O)[C@@H](O[C@H]4O[C@H](COS(=O)(=O)O)[C@@H](O[C@H]5O[C@H](COS(=O)(=O)O)[C@@H](OS(=O)(=O)O)[C@H](OS(=O)(=O)O)[C@H]5OS(=O)(=O)O)[C@H](OS(=O)(=O)O)[C@H]4OS(=O)(=O)O)[C@H](OS(=O)(=O)O)[C@H]3OS(=O)(=O)O)O[C@H]2COS(=O)(=O)O)[C@@H](OS(=O)(=O)O)[C@H](OS(=O)(=O)O)[C@H]1O[C@@H]1O[C@@H](COS(=O)(=O)O)[C@H](OS(=O)(=O)O)[C@@H](OS(=O)(=O)O)[C@@H]1OS(=O)(=O)O. The molecule has 0 amide bonds. The highest BCUT2D eigenvalue weighted by molar-refractivity contribution is 7.85. The van der Waals surface area contributed by atoms with Crippen molar-refractivity contribution in [3.63, 3.8) is 0 Å². The lowest BCUT2D eigenvalue weighted by Crippen LogP contribution is -2.73. The van der Waals surface area contributed by atoms with Gasteiger partial charge in [0.15, 0.2) is 49.6 Å². The molecule has 2 unspecified atom stereocenters. The van der Waals surface area contributed by atoms with E-state index < -0.39 is 431 Å². The molecule has 6 fully saturated rings. The van der Waals surface area contributed by atoms with E-state index in [0.29, 0.717) is 0 Å². The van der Waals surface area contributed by atoms with E-state index in [-0.39, 0.29) is 0 Å². The highest BCUT2D eigenvalue weighted by atomic mass is 32.3. The van der Waals surface area contributed by atoms with Gasteiger partial charge in [0, 0.05) is 0 Å². The lowest BCUT2D eigenvalue weighted by atomic mass is 9.85. The Morgan fingerprint density at radius 2 is 0.240 bits per heavy atom. The number of hydrogen-bond donors (Lipinski definition) is 20. The molecule has 6 aliphatic heterocycles. The Morgan fingerprint density at radius 1 is 0.130 bits per heavy atom. The second kappa shape index (κ2) is 47.8. The van der Waals surface area contributed by atoms with Gasteiger partial charge in [0.05, 0.1) is 39.6 Å². The molecule has 146 heavy (non-hydrogen) atoms.